The van der Waals surface area contributed by atoms with E-state index in [1.807, 2.05) is 6.92 Å². The van der Waals surface area contributed by atoms with Crippen molar-refractivity contribution in [3.05, 3.63) is 29.6 Å². The lowest BCUT2D eigenvalue weighted by molar-refractivity contribution is 0.0989. The molecule has 0 aromatic heterocycles. The second-order valence-corrected chi connectivity index (χ2v) is 3.00. The molecule has 1 aromatic carbocycles. The molecule has 14 heavy (non-hydrogen) atoms. The number of benzene rings is 1. The second kappa shape index (κ2) is 4.74. The average molecular weight is 195 g/mol. The zero-order valence-electron chi connectivity index (χ0n) is 8.43. The summed E-state index contributed by atoms with van der Waals surface area (Å²) in [7, 11) is 0. The van der Waals surface area contributed by atoms with E-state index >= 15 is 0 Å². The van der Waals surface area contributed by atoms with Crippen molar-refractivity contribution in [3.63, 3.8) is 0 Å². The lowest BCUT2D eigenvalue weighted by Crippen LogP contribution is -2.06. The molecule has 1 rings (SSSR count). The van der Waals surface area contributed by atoms with E-state index in [0.29, 0.717) is 24.2 Å². The predicted molar refractivity (Wildman–Crippen MR) is 55.2 cm³/mol. The zero-order valence-corrected chi connectivity index (χ0v) is 8.43. The number of hydrogen-bond acceptors (Lipinski definition) is 2. The van der Waals surface area contributed by atoms with Gasteiger partial charge in [-0.1, -0.05) is 6.92 Å². The SMILES string of the molecule is CCNc1cc(F)ccc1C(=O)CC. The summed E-state index contributed by atoms with van der Waals surface area (Å²) in [5.41, 5.74) is 1.15. The van der Waals surface area contributed by atoms with Crippen LogP contribution < -0.4 is 5.32 Å². The summed E-state index contributed by atoms with van der Waals surface area (Å²) in [6, 6.07) is 4.19. The van der Waals surface area contributed by atoms with Gasteiger partial charge in [-0.05, 0) is 25.1 Å². The first kappa shape index (κ1) is 10.7. The molecular formula is C11H14FNO. The van der Waals surface area contributed by atoms with E-state index in [0.717, 1.165) is 0 Å². The Labute approximate surface area is 83.1 Å². The third kappa shape index (κ3) is 2.31. The lowest BCUT2D eigenvalue weighted by atomic mass is 10.1. The topological polar surface area (TPSA) is 29.1 Å². The summed E-state index contributed by atoms with van der Waals surface area (Å²) in [5, 5.41) is 2.97. The molecule has 0 aliphatic carbocycles. The fourth-order valence-electron chi connectivity index (χ4n) is 1.29. The van der Waals surface area contributed by atoms with Gasteiger partial charge >= 0.3 is 0 Å². The highest BCUT2D eigenvalue weighted by atomic mass is 19.1. The molecule has 0 aliphatic heterocycles. The van der Waals surface area contributed by atoms with Gasteiger partial charge in [0.1, 0.15) is 5.82 Å². The van der Waals surface area contributed by atoms with Crippen LogP contribution in [0.15, 0.2) is 18.2 Å². The van der Waals surface area contributed by atoms with Crippen molar-refractivity contribution in [1.82, 2.24) is 0 Å². The highest BCUT2D eigenvalue weighted by Crippen LogP contribution is 2.18. The molecule has 0 fully saturated rings. The van der Waals surface area contributed by atoms with Crippen molar-refractivity contribution in [1.29, 1.82) is 0 Å². The zero-order chi connectivity index (χ0) is 10.6. The number of anilines is 1. The first-order valence-corrected chi connectivity index (χ1v) is 4.75. The number of carbonyl (C=O) groups excluding carboxylic acids is 1. The molecule has 0 radical (unpaired) electrons. The van der Waals surface area contributed by atoms with E-state index in [9.17, 15) is 9.18 Å². The molecule has 1 aromatic rings. The van der Waals surface area contributed by atoms with Gasteiger partial charge in [0.2, 0.25) is 0 Å². The Morgan fingerprint density at radius 2 is 2.14 bits per heavy atom. The quantitative estimate of drug-likeness (QED) is 0.748. The summed E-state index contributed by atoms with van der Waals surface area (Å²) in [6.07, 6.45) is 0.435. The fraction of sp³-hybridized carbons (Fsp3) is 0.364. The van der Waals surface area contributed by atoms with Crippen molar-refractivity contribution in [3.8, 4) is 0 Å². The minimum atomic E-state index is -0.325. The Morgan fingerprint density at radius 1 is 1.43 bits per heavy atom. The van der Waals surface area contributed by atoms with Gasteiger partial charge in [-0.15, -0.1) is 0 Å². The third-order valence-electron chi connectivity index (χ3n) is 1.97. The number of ketones is 1. The molecule has 76 valence electrons. The smallest absolute Gasteiger partial charge is 0.164 e. The highest BCUT2D eigenvalue weighted by molar-refractivity contribution is 6.00. The lowest BCUT2D eigenvalue weighted by Gasteiger charge is -2.08. The molecule has 0 heterocycles. The van der Waals surface area contributed by atoms with Crippen LogP contribution in [0.5, 0.6) is 0 Å². The van der Waals surface area contributed by atoms with Gasteiger partial charge in [-0.2, -0.15) is 0 Å². The van der Waals surface area contributed by atoms with E-state index in [1.54, 1.807) is 6.92 Å². The standard InChI is InChI=1S/C11H14FNO/c1-3-11(14)9-6-5-8(12)7-10(9)13-4-2/h5-7,13H,3-4H2,1-2H3. The predicted octanol–water partition coefficient (Wildman–Crippen LogP) is 2.85. The van der Waals surface area contributed by atoms with Gasteiger partial charge in [-0.3, -0.25) is 4.79 Å². The molecule has 0 amide bonds. The van der Waals surface area contributed by atoms with Crippen LogP contribution in [0.1, 0.15) is 30.6 Å². The van der Waals surface area contributed by atoms with Crippen molar-refractivity contribution >= 4 is 11.5 Å². The largest absolute Gasteiger partial charge is 0.385 e. The van der Waals surface area contributed by atoms with Gasteiger partial charge in [0, 0.05) is 24.2 Å². The van der Waals surface area contributed by atoms with Crippen LogP contribution in [-0.2, 0) is 0 Å². The molecular weight excluding hydrogens is 181 g/mol. The summed E-state index contributed by atoms with van der Waals surface area (Å²) < 4.78 is 12.9. The Balaban J connectivity index is 3.07. The van der Waals surface area contributed by atoms with Crippen LogP contribution in [0.25, 0.3) is 0 Å². The molecule has 0 aliphatic rings. The first-order chi connectivity index (χ1) is 6.69. The summed E-state index contributed by atoms with van der Waals surface area (Å²) >= 11 is 0. The van der Waals surface area contributed by atoms with Gasteiger partial charge in [0.05, 0.1) is 0 Å². The third-order valence-corrected chi connectivity index (χ3v) is 1.97. The molecule has 3 heteroatoms. The van der Waals surface area contributed by atoms with E-state index in [1.165, 1.54) is 18.2 Å². The number of hydrogen-bond donors (Lipinski definition) is 1. The molecule has 1 N–H and O–H groups in total. The molecule has 0 saturated heterocycles. The van der Waals surface area contributed by atoms with Crippen molar-refractivity contribution < 1.29 is 9.18 Å². The van der Waals surface area contributed by atoms with Crippen LogP contribution >= 0.6 is 0 Å². The van der Waals surface area contributed by atoms with Gasteiger partial charge in [0.25, 0.3) is 0 Å². The van der Waals surface area contributed by atoms with Crippen LogP contribution in [-0.4, -0.2) is 12.3 Å². The van der Waals surface area contributed by atoms with E-state index in [-0.39, 0.29) is 11.6 Å². The summed E-state index contributed by atoms with van der Waals surface area (Å²) in [5.74, 6) is -0.297. The number of halogens is 1. The van der Waals surface area contributed by atoms with Crippen molar-refractivity contribution in [2.24, 2.45) is 0 Å². The number of carbonyl (C=O) groups is 1. The van der Waals surface area contributed by atoms with Crippen LogP contribution in [0, 0.1) is 5.82 Å². The number of Topliss-reactive ketones (excluding diaryl/α,β-unsaturated/α-hetero) is 1. The normalized spacial score (nSPS) is 9.93. The minimum absolute atomic E-state index is 0.0287. The Kier molecular flexibility index (Phi) is 3.63. The monoisotopic (exact) mass is 195 g/mol. The number of nitrogens with one attached hydrogen (secondary N) is 1. The van der Waals surface area contributed by atoms with Crippen molar-refractivity contribution in [2.75, 3.05) is 11.9 Å². The van der Waals surface area contributed by atoms with Gasteiger partial charge in [-0.25, -0.2) is 4.39 Å². The minimum Gasteiger partial charge on any atom is -0.385 e. The Bertz CT molecular complexity index is 336. The molecule has 2 nitrogen and oxygen atoms in total. The van der Waals surface area contributed by atoms with Crippen LogP contribution in [0.4, 0.5) is 10.1 Å². The Hall–Kier alpha value is -1.38. The molecule has 0 saturated carbocycles. The second-order valence-electron chi connectivity index (χ2n) is 3.00. The summed E-state index contributed by atoms with van der Waals surface area (Å²) in [4.78, 5) is 11.5. The average Bonchev–Trinajstić information content (AvgIpc) is 2.17. The molecule has 0 atom stereocenters. The van der Waals surface area contributed by atoms with E-state index in [4.69, 9.17) is 0 Å². The van der Waals surface area contributed by atoms with Crippen molar-refractivity contribution in [2.45, 2.75) is 20.3 Å². The van der Waals surface area contributed by atoms with Gasteiger partial charge in [0.15, 0.2) is 5.78 Å². The molecule has 0 bridgehead atoms. The first-order valence-electron chi connectivity index (χ1n) is 4.75. The molecule has 0 unspecified atom stereocenters. The highest BCUT2D eigenvalue weighted by Gasteiger charge is 2.09. The van der Waals surface area contributed by atoms with Gasteiger partial charge < -0.3 is 5.32 Å². The maximum Gasteiger partial charge on any atom is 0.164 e. The number of rotatable bonds is 4. The maximum atomic E-state index is 12.9. The van der Waals surface area contributed by atoms with Crippen LogP contribution in [0.3, 0.4) is 0 Å². The summed E-state index contributed by atoms with van der Waals surface area (Å²) in [6.45, 7) is 4.37. The Morgan fingerprint density at radius 3 is 2.71 bits per heavy atom. The van der Waals surface area contributed by atoms with E-state index in [2.05, 4.69) is 5.32 Å². The maximum absolute atomic E-state index is 12.9. The van der Waals surface area contributed by atoms with E-state index < -0.39 is 0 Å². The molecule has 0 spiro atoms. The fourth-order valence-corrected chi connectivity index (χ4v) is 1.29. The van der Waals surface area contributed by atoms with Crippen LogP contribution in [0.2, 0.25) is 0 Å².